The number of carbonyl (C=O) groups is 1. The van der Waals surface area contributed by atoms with Crippen LogP contribution in [0.3, 0.4) is 0 Å². The molecule has 0 atom stereocenters. The van der Waals surface area contributed by atoms with Gasteiger partial charge in [0, 0.05) is 11.6 Å². The lowest BCUT2D eigenvalue weighted by Gasteiger charge is -2.06. The topological polar surface area (TPSA) is 29.1 Å². The van der Waals surface area contributed by atoms with E-state index in [4.69, 9.17) is 0 Å². The van der Waals surface area contributed by atoms with Gasteiger partial charge in [0.15, 0.2) is 0 Å². The summed E-state index contributed by atoms with van der Waals surface area (Å²) in [6.45, 7) is 8.40. The Hall–Kier alpha value is -1.38. The first-order chi connectivity index (χ1) is 7.76. The van der Waals surface area contributed by atoms with Gasteiger partial charge in [-0.1, -0.05) is 27.7 Å². The van der Waals surface area contributed by atoms with Crippen LogP contribution in [0.25, 0.3) is 0 Å². The van der Waals surface area contributed by atoms with Gasteiger partial charge in [0.1, 0.15) is 5.82 Å². The summed E-state index contributed by atoms with van der Waals surface area (Å²) in [7, 11) is 0. The van der Waals surface area contributed by atoms with E-state index in [2.05, 4.69) is 33.0 Å². The molecule has 1 saturated carbocycles. The minimum Gasteiger partial charge on any atom is -0.326 e. The standard InChI is InChI=1S/C14H18FNO/c1-13(2)11(14(13,3)4)12(17)16-10-7-5-9(15)6-8-10/h5-8,11H,1-4H3,(H,16,17). The SMILES string of the molecule is CC1(C)C(C(=O)Nc2ccc(F)cc2)C1(C)C. The Kier molecular flexibility index (Phi) is 2.53. The molecule has 1 amide bonds. The van der Waals surface area contributed by atoms with Gasteiger partial charge in [-0.05, 0) is 35.1 Å². The number of halogens is 1. The van der Waals surface area contributed by atoms with Crippen molar-refractivity contribution >= 4 is 11.6 Å². The average Bonchev–Trinajstić information content (AvgIpc) is 2.61. The maximum absolute atomic E-state index is 12.7. The van der Waals surface area contributed by atoms with E-state index in [1.54, 1.807) is 12.1 Å². The lowest BCUT2D eigenvalue weighted by molar-refractivity contribution is -0.118. The van der Waals surface area contributed by atoms with Crippen LogP contribution >= 0.6 is 0 Å². The van der Waals surface area contributed by atoms with Gasteiger partial charge in [-0.25, -0.2) is 4.39 Å². The second-order valence-electron chi connectivity index (χ2n) is 5.87. The van der Waals surface area contributed by atoms with Gasteiger partial charge in [0.05, 0.1) is 0 Å². The van der Waals surface area contributed by atoms with Gasteiger partial charge < -0.3 is 5.32 Å². The third-order valence-corrected chi connectivity index (χ3v) is 4.39. The predicted octanol–water partition coefficient (Wildman–Crippen LogP) is 3.45. The number of amides is 1. The molecule has 0 aliphatic heterocycles. The molecule has 92 valence electrons. The van der Waals surface area contributed by atoms with Gasteiger partial charge in [-0.15, -0.1) is 0 Å². The largest absolute Gasteiger partial charge is 0.326 e. The van der Waals surface area contributed by atoms with E-state index in [9.17, 15) is 9.18 Å². The summed E-state index contributed by atoms with van der Waals surface area (Å²) in [5, 5.41) is 2.84. The van der Waals surface area contributed by atoms with Crippen LogP contribution in [0, 0.1) is 22.6 Å². The van der Waals surface area contributed by atoms with Gasteiger partial charge in [0.2, 0.25) is 5.91 Å². The number of hydrogen-bond acceptors (Lipinski definition) is 1. The lowest BCUT2D eigenvalue weighted by atomic mass is 10.0. The maximum Gasteiger partial charge on any atom is 0.228 e. The number of anilines is 1. The molecule has 3 heteroatoms. The monoisotopic (exact) mass is 235 g/mol. The van der Waals surface area contributed by atoms with Gasteiger partial charge in [-0.3, -0.25) is 4.79 Å². The highest BCUT2D eigenvalue weighted by atomic mass is 19.1. The third-order valence-electron chi connectivity index (χ3n) is 4.39. The maximum atomic E-state index is 12.7. The number of benzene rings is 1. The highest BCUT2D eigenvalue weighted by Crippen LogP contribution is 2.68. The molecule has 0 unspecified atom stereocenters. The van der Waals surface area contributed by atoms with E-state index in [1.807, 2.05) is 0 Å². The molecule has 1 aromatic carbocycles. The molecule has 0 saturated heterocycles. The first-order valence-electron chi connectivity index (χ1n) is 5.83. The third kappa shape index (κ3) is 1.84. The Labute approximate surface area is 101 Å². The number of hydrogen-bond donors (Lipinski definition) is 1. The molecule has 0 radical (unpaired) electrons. The fourth-order valence-corrected chi connectivity index (χ4v) is 2.60. The van der Waals surface area contributed by atoms with Gasteiger partial charge >= 0.3 is 0 Å². The fourth-order valence-electron chi connectivity index (χ4n) is 2.60. The Morgan fingerprint density at radius 1 is 1.12 bits per heavy atom. The van der Waals surface area contributed by atoms with Crippen LogP contribution in [0.15, 0.2) is 24.3 Å². The molecule has 0 aromatic heterocycles. The van der Waals surface area contributed by atoms with E-state index < -0.39 is 0 Å². The molecule has 2 rings (SSSR count). The zero-order valence-corrected chi connectivity index (χ0v) is 10.7. The molecular weight excluding hydrogens is 217 g/mol. The number of rotatable bonds is 2. The van der Waals surface area contributed by atoms with Crippen LogP contribution < -0.4 is 5.32 Å². The quantitative estimate of drug-likeness (QED) is 0.835. The van der Waals surface area contributed by atoms with E-state index in [-0.39, 0.29) is 28.5 Å². The average molecular weight is 235 g/mol. The smallest absolute Gasteiger partial charge is 0.228 e. The van der Waals surface area contributed by atoms with E-state index in [0.717, 1.165) is 0 Å². The van der Waals surface area contributed by atoms with Crippen molar-refractivity contribution in [3.05, 3.63) is 30.1 Å². The van der Waals surface area contributed by atoms with Crippen LogP contribution in [0.4, 0.5) is 10.1 Å². The van der Waals surface area contributed by atoms with Crippen LogP contribution in [0.1, 0.15) is 27.7 Å². The van der Waals surface area contributed by atoms with Crippen LogP contribution in [-0.4, -0.2) is 5.91 Å². The molecule has 1 N–H and O–H groups in total. The summed E-state index contributed by atoms with van der Waals surface area (Å²) in [6.07, 6.45) is 0. The molecule has 1 aliphatic rings. The lowest BCUT2D eigenvalue weighted by Crippen LogP contribution is -2.17. The van der Waals surface area contributed by atoms with Crippen molar-refractivity contribution in [3.63, 3.8) is 0 Å². The van der Waals surface area contributed by atoms with Crippen molar-refractivity contribution in [2.75, 3.05) is 5.32 Å². The number of carbonyl (C=O) groups excluding carboxylic acids is 1. The Balaban J connectivity index is 2.07. The summed E-state index contributed by atoms with van der Waals surface area (Å²) >= 11 is 0. The van der Waals surface area contributed by atoms with E-state index in [0.29, 0.717) is 5.69 Å². The highest BCUT2D eigenvalue weighted by molar-refractivity contribution is 5.96. The fraction of sp³-hybridized carbons (Fsp3) is 0.500. The van der Waals surface area contributed by atoms with Crippen molar-refractivity contribution in [3.8, 4) is 0 Å². The second-order valence-corrected chi connectivity index (χ2v) is 5.87. The molecule has 1 fully saturated rings. The highest BCUT2D eigenvalue weighted by Gasteiger charge is 2.68. The van der Waals surface area contributed by atoms with Gasteiger partial charge in [0.25, 0.3) is 0 Å². The summed E-state index contributed by atoms with van der Waals surface area (Å²) in [6, 6.07) is 5.85. The van der Waals surface area contributed by atoms with Crippen molar-refractivity contribution in [2.45, 2.75) is 27.7 Å². The minimum atomic E-state index is -0.296. The summed E-state index contributed by atoms with van der Waals surface area (Å²) in [4.78, 5) is 12.1. The van der Waals surface area contributed by atoms with Crippen molar-refractivity contribution in [1.82, 2.24) is 0 Å². The molecule has 1 aromatic rings. The van der Waals surface area contributed by atoms with E-state index in [1.165, 1.54) is 12.1 Å². The van der Waals surface area contributed by atoms with E-state index >= 15 is 0 Å². The van der Waals surface area contributed by atoms with Gasteiger partial charge in [-0.2, -0.15) is 0 Å². The number of nitrogens with one attached hydrogen (secondary N) is 1. The van der Waals surface area contributed by atoms with Crippen molar-refractivity contribution in [2.24, 2.45) is 16.7 Å². The molecule has 0 spiro atoms. The zero-order chi connectivity index (χ0) is 12.8. The van der Waals surface area contributed by atoms with Crippen molar-refractivity contribution < 1.29 is 9.18 Å². The molecule has 0 bridgehead atoms. The molecular formula is C14H18FNO. The van der Waals surface area contributed by atoms with Crippen LogP contribution in [-0.2, 0) is 4.79 Å². The predicted molar refractivity (Wildman–Crippen MR) is 66.1 cm³/mol. The van der Waals surface area contributed by atoms with Crippen LogP contribution in [0.5, 0.6) is 0 Å². The Bertz CT molecular complexity index is 434. The van der Waals surface area contributed by atoms with Crippen LogP contribution in [0.2, 0.25) is 0 Å². The molecule has 2 nitrogen and oxygen atoms in total. The second kappa shape index (κ2) is 3.56. The summed E-state index contributed by atoms with van der Waals surface area (Å²) < 4.78 is 12.7. The molecule has 17 heavy (non-hydrogen) atoms. The zero-order valence-electron chi connectivity index (χ0n) is 10.7. The summed E-state index contributed by atoms with van der Waals surface area (Å²) in [5.74, 6) is -0.262. The Morgan fingerprint density at radius 2 is 1.59 bits per heavy atom. The first kappa shape index (κ1) is 12.1. The minimum absolute atomic E-state index is 0.0139. The Morgan fingerprint density at radius 3 is 2.00 bits per heavy atom. The first-order valence-corrected chi connectivity index (χ1v) is 5.83. The van der Waals surface area contributed by atoms with Crippen molar-refractivity contribution in [1.29, 1.82) is 0 Å². The normalized spacial score (nSPS) is 21.0. The molecule has 1 aliphatic carbocycles. The summed E-state index contributed by atoms with van der Waals surface area (Å²) in [5.41, 5.74) is 0.698. The molecule has 0 heterocycles.